The molecule has 1 unspecified atom stereocenters. The van der Waals surface area contributed by atoms with Gasteiger partial charge in [-0.05, 0) is 62.1 Å². The minimum absolute atomic E-state index is 0.281. The molecular weight excluding hydrogens is 404 g/mol. The number of hydrogen-bond acceptors (Lipinski definition) is 4. The Morgan fingerprint density at radius 3 is 2.53 bits per heavy atom. The number of aryl methyl sites for hydroxylation is 1. The average Bonchev–Trinajstić information content (AvgIpc) is 3.08. The summed E-state index contributed by atoms with van der Waals surface area (Å²) in [7, 11) is 1.12. The lowest BCUT2D eigenvalue weighted by molar-refractivity contribution is -0.141. The van der Waals surface area contributed by atoms with Crippen LogP contribution in [0.5, 0.6) is 0 Å². The average molecular weight is 424 g/mol. The number of pyridine rings is 1. The fraction of sp³-hybridized carbons (Fsp3) is 0.381. The number of fused-ring (bicyclic) bond motifs is 1. The maximum absolute atomic E-state index is 14.3. The maximum Gasteiger partial charge on any atom is 0.434 e. The van der Waals surface area contributed by atoms with Crippen LogP contribution >= 0.6 is 0 Å². The van der Waals surface area contributed by atoms with E-state index in [1.54, 1.807) is 13.8 Å². The van der Waals surface area contributed by atoms with Gasteiger partial charge in [0.1, 0.15) is 5.82 Å². The molecule has 0 spiro atoms. The van der Waals surface area contributed by atoms with Gasteiger partial charge in [0.2, 0.25) is 0 Å². The molecule has 1 aromatic carbocycles. The number of amides is 1. The minimum atomic E-state index is -4.79. The van der Waals surface area contributed by atoms with Gasteiger partial charge in [-0.25, -0.2) is 9.18 Å². The van der Waals surface area contributed by atoms with Gasteiger partial charge < -0.3 is 9.64 Å². The first-order valence-corrected chi connectivity index (χ1v) is 9.31. The van der Waals surface area contributed by atoms with Crippen LogP contribution in [-0.4, -0.2) is 34.9 Å². The predicted octanol–water partition coefficient (Wildman–Crippen LogP) is 4.56. The van der Waals surface area contributed by atoms with Crippen LogP contribution in [-0.2, 0) is 17.3 Å². The van der Waals surface area contributed by atoms with Gasteiger partial charge in [-0.3, -0.25) is 9.78 Å². The Kier molecular flexibility index (Phi) is 5.83. The van der Waals surface area contributed by atoms with Crippen LogP contribution < -0.4 is 0 Å². The van der Waals surface area contributed by atoms with Gasteiger partial charge in [-0.1, -0.05) is 0 Å². The third-order valence-electron chi connectivity index (χ3n) is 5.11. The van der Waals surface area contributed by atoms with Crippen LogP contribution in [0.15, 0.2) is 30.5 Å². The fourth-order valence-electron chi connectivity index (χ4n) is 3.84. The number of benzene rings is 1. The quantitative estimate of drug-likeness (QED) is 0.533. The van der Waals surface area contributed by atoms with E-state index in [0.717, 1.165) is 19.4 Å². The molecule has 30 heavy (non-hydrogen) atoms. The Morgan fingerprint density at radius 2 is 1.93 bits per heavy atom. The lowest BCUT2D eigenvalue weighted by atomic mass is 10.0. The van der Waals surface area contributed by atoms with Crippen molar-refractivity contribution in [3.8, 4) is 0 Å². The molecule has 0 N–H and O–H groups in total. The number of esters is 1. The number of nitrogens with zero attached hydrogens (tertiary/aromatic N) is 2. The maximum atomic E-state index is 14.3. The number of hydrogen-bond donors (Lipinski definition) is 0. The summed E-state index contributed by atoms with van der Waals surface area (Å²) in [6, 6.07) is 3.84. The largest absolute Gasteiger partial charge is 0.465 e. The van der Waals surface area contributed by atoms with Gasteiger partial charge in [-0.2, -0.15) is 13.2 Å². The Balaban J connectivity index is 2.07. The molecule has 1 heterocycles. The number of carbonyl (C=O) groups is 2. The molecule has 3 rings (SSSR count). The molecule has 1 aliphatic carbocycles. The summed E-state index contributed by atoms with van der Waals surface area (Å²) in [5, 5.41) is 0. The molecule has 0 radical (unpaired) electrons. The van der Waals surface area contributed by atoms with Crippen LogP contribution in [0.25, 0.3) is 0 Å². The SMILES string of the molecule is COC(=O)c1cc2c(cc1F)CCC2N(C(=O)c1cccnc1C(F)(F)F)C(C)C. The van der Waals surface area contributed by atoms with Gasteiger partial charge in [0, 0.05) is 12.2 Å². The van der Waals surface area contributed by atoms with Gasteiger partial charge >= 0.3 is 12.1 Å². The minimum Gasteiger partial charge on any atom is -0.465 e. The third kappa shape index (κ3) is 3.88. The number of ether oxygens (including phenoxy) is 1. The molecule has 2 aromatic rings. The van der Waals surface area contributed by atoms with Crippen LogP contribution in [0.4, 0.5) is 17.6 Å². The molecule has 5 nitrogen and oxygen atoms in total. The van der Waals surface area contributed by atoms with Crippen LogP contribution in [0.2, 0.25) is 0 Å². The van der Waals surface area contributed by atoms with Crippen LogP contribution in [0.3, 0.4) is 0 Å². The van der Waals surface area contributed by atoms with E-state index in [9.17, 15) is 27.2 Å². The van der Waals surface area contributed by atoms with Crippen molar-refractivity contribution in [3.05, 3.63) is 64.2 Å². The summed E-state index contributed by atoms with van der Waals surface area (Å²) >= 11 is 0. The monoisotopic (exact) mass is 424 g/mol. The summed E-state index contributed by atoms with van der Waals surface area (Å²) in [6.45, 7) is 3.37. The van der Waals surface area contributed by atoms with E-state index < -0.39 is 47.2 Å². The van der Waals surface area contributed by atoms with Crippen LogP contribution in [0, 0.1) is 5.82 Å². The van der Waals surface area contributed by atoms with E-state index >= 15 is 0 Å². The fourth-order valence-corrected chi connectivity index (χ4v) is 3.84. The first-order valence-electron chi connectivity index (χ1n) is 9.31. The number of methoxy groups -OCH3 is 1. The van der Waals surface area contributed by atoms with Gasteiger partial charge in [0.15, 0.2) is 5.69 Å². The highest BCUT2D eigenvalue weighted by Crippen LogP contribution is 2.40. The first-order chi connectivity index (χ1) is 14.1. The van der Waals surface area contributed by atoms with Gasteiger partial charge in [0.25, 0.3) is 5.91 Å². The second kappa shape index (κ2) is 8.04. The zero-order valence-corrected chi connectivity index (χ0v) is 16.6. The summed E-state index contributed by atoms with van der Waals surface area (Å²) < 4.78 is 59.0. The number of rotatable bonds is 4. The van der Waals surface area contributed by atoms with E-state index in [0.29, 0.717) is 24.0 Å². The van der Waals surface area contributed by atoms with Gasteiger partial charge in [-0.15, -0.1) is 0 Å². The van der Waals surface area contributed by atoms with Crippen molar-refractivity contribution >= 4 is 11.9 Å². The number of halogens is 4. The van der Waals surface area contributed by atoms with Crippen molar-refractivity contribution in [1.82, 2.24) is 9.88 Å². The second-order valence-electron chi connectivity index (χ2n) is 7.28. The van der Waals surface area contributed by atoms with E-state index in [1.807, 2.05) is 0 Å². The highest BCUT2D eigenvalue weighted by Gasteiger charge is 2.41. The van der Waals surface area contributed by atoms with Crippen molar-refractivity contribution in [2.24, 2.45) is 0 Å². The summed E-state index contributed by atoms with van der Waals surface area (Å²) in [5.74, 6) is -2.43. The standard InChI is InChI=1S/C21H20F4N2O3/c1-11(2)27(19(28)13-5-4-8-26-18(13)21(23,24)25)17-7-6-12-9-16(22)15(10-14(12)17)20(29)30-3/h4-5,8-11,17H,6-7H2,1-3H3. The molecule has 1 aliphatic rings. The zero-order valence-electron chi connectivity index (χ0n) is 16.6. The Hall–Kier alpha value is -2.97. The first kappa shape index (κ1) is 21.7. The van der Waals surface area contributed by atoms with E-state index in [4.69, 9.17) is 0 Å². The van der Waals surface area contributed by atoms with E-state index in [2.05, 4.69) is 9.72 Å². The molecule has 0 saturated carbocycles. The summed E-state index contributed by atoms with van der Waals surface area (Å²) in [5.41, 5.74) is -0.963. The lowest BCUT2D eigenvalue weighted by Gasteiger charge is -2.34. The molecule has 1 aromatic heterocycles. The summed E-state index contributed by atoms with van der Waals surface area (Å²) in [6.07, 6.45) is -2.99. The smallest absolute Gasteiger partial charge is 0.434 e. The lowest BCUT2D eigenvalue weighted by Crippen LogP contribution is -2.40. The Bertz CT molecular complexity index is 989. The van der Waals surface area contributed by atoms with E-state index in [1.165, 1.54) is 23.1 Å². The number of carbonyl (C=O) groups excluding carboxylic acids is 2. The van der Waals surface area contributed by atoms with Crippen molar-refractivity contribution in [2.45, 2.75) is 44.9 Å². The highest BCUT2D eigenvalue weighted by atomic mass is 19.4. The van der Waals surface area contributed by atoms with Crippen LogP contribution in [0.1, 0.15) is 63.8 Å². The second-order valence-corrected chi connectivity index (χ2v) is 7.28. The number of alkyl halides is 3. The molecule has 0 bridgehead atoms. The normalized spacial score (nSPS) is 15.8. The van der Waals surface area contributed by atoms with Crippen molar-refractivity contribution in [1.29, 1.82) is 0 Å². The summed E-state index contributed by atoms with van der Waals surface area (Å²) in [4.78, 5) is 29.8. The van der Waals surface area contributed by atoms with Crippen molar-refractivity contribution < 1.29 is 31.9 Å². The highest BCUT2D eigenvalue weighted by molar-refractivity contribution is 5.96. The van der Waals surface area contributed by atoms with Crippen molar-refractivity contribution in [3.63, 3.8) is 0 Å². The molecule has 0 saturated heterocycles. The third-order valence-corrected chi connectivity index (χ3v) is 5.11. The van der Waals surface area contributed by atoms with Gasteiger partial charge in [0.05, 0.1) is 24.3 Å². The van der Waals surface area contributed by atoms with Crippen molar-refractivity contribution in [2.75, 3.05) is 7.11 Å². The Labute approximate surface area is 170 Å². The molecular formula is C21H20F4N2O3. The molecule has 0 fully saturated rings. The Morgan fingerprint density at radius 1 is 1.23 bits per heavy atom. The van der Waals surface area contributed by atoms with E-state index in [-0.39, 0.29) is 5.56 Å². The molecule has 9 heteroatoms. The molecule has 0 aliphatic heterocycles. The topological polar surface area (TPSA) is 59.5 Å². The molecule has 1 atom stereocenters. The predicted molar refractivity (Wildman–Crippen MR) is 99.3 cm³/mol. The number of aromatic nitrogens is 1. The molecule has 1 amide bonds. The zero-order chi connectivity index (χ0) is 22.2. The molecule has 160 valence electrons.